The Morgan fingerprint density at radius 1 is 1.29 bits per heavy atom. The number of rotatable bonds is 6. The van der Waals surface area contributed by atoms with E-state index in [1.807, 2.05) is 0 Å². The Morgan fingerprint density at radius 3 is 2.79 bits per heavy atom. The van der Waals surface area contributed by atoms with Crippen LogP contribution < -0.4 is 16.0 Å². The van der Waals surface area contributed by atoms with E-state index in [0.717, 1.165) is 25.7 Å². The summed E-state index contributed by atoms with van der Waals surface area (Å²) < 4.78 is 0. The van der Waals surface area contributed by atoms with E-state index in [-0.39, 0.29) is 36.3 Å². The van der Waals surface area contributed by atoms with Gasteiger partial charge in [-0.3, -0.25) is 14.4 Å². The van der Waals surface area contributed by atoms with Gasteiger partial charge in [0.05, 0.1) is 18.8 Å². The van der Waals surface area contributed by atoms with Gasteiger partial charge in [0.1, 0.15) is 17.8 Å². The van der Waals surface area contributed by atoms with Gasteiger partial charge in [0.25, 0.3) is 0 Å². The quantitative estimate of drug-likeness (QED) is 0.514. The lowest BCUT2D eigenvalue weighted by Crippen LogP contribution is -2.57. The van der Waals surface area contributed by atoms with E-state index in [1.54, 1.807) is 25.1 Å². The third kappa shape index (κ3) is 4.49. The number of likely N-dealkylation sites (N-methyl/N-ethyl adjacent to an activating group) is 1. The van der Waals surface area contributed by atoms with E-state index in [0.29, 0.717) is 18.5 Å². The van der Waals surface area contributed by atoms with Crippen LogP contribution in [0.2, 0.25) is 0 Å². The zero-order valence-electron chi connectivity index (χ0n) is 16.4. The molecule has 2 saturated heterocycles. The van der Waals surface area contributed by atoms with Crippen molar-refractivity contribution in [2.24, 2.45) is 0 Å². The molecule has 3 amide bonds. The van der Waals surface area contributed by atoms with E-state index >= 15 is 0 Å². The van der Waals surface area contributed by atoms with Crippen LogP contribution in [0, 0.1) is 0 Å². The number of hydrogen-bond donors (Lipinski definition) is 4. The van der Waals surface area contributed by atoms with Crippen molar-refractivity contribution in [2.75, 3.05) is 7.05 Å². The second-order valence-corrected chi connectivity index (χ2v) is 7.53. The largest absolute Gasteiger partial charge is 0.349 e. The molecule has 1 aromatic rings. The molecule has 0 spiro atoms. The first kappa shape index (κ1) is 20.2. The first-order chi connectivity index (χ1) is 13.5. The Hall–Kier alpha value is -2.49. The average Bonchev–Trinajstić information content (AvgIpc) is 3.35. The van der Waals surface area contributed by atoms with E-state index in [2.05, 4.69) is 31.4 Å². The molecule has 10 heteroatoms. The second-order valence-electron chi connectivity index (χ2n) is 7.53. The topological polar surface area (TPSA) is 132 Å². The molecule has 28 heavy (non-hydrogen) atoms. The van der Waals surface area contributed by atoms with Crippen molar-refractivity contribution in [3.05, 3.63) is 11.9 Å². The number of nitrogens with one attached hydrogen (secondary N) is 4. The number of nitrogens with zero attached hydrogens (tertiary/aromatic N) is 3. The first-order valence-corrected chi connectivity index (χ1v) is 9.93. The maximum absolute atomic E-state index is 13.3. The normalized spacial score (nSPS) is 26.1. The lowest BCUT2D eigenvalue weighted by molar-refractivity contribution is -0.144. The number of hydrogen-bond acceptors (Lipinski definition) is 6. The molecule has 0 bridgehead atoms. The van der Waals surface area contributed by atoms with Gasteiger partial charge in [-0.25, -0.2) is 0 Å². The van der Waals surface area contributed by atoms with Crippen molar-refractivity contribution in [3.8, 4) is 0 Å². The fourth-order valence-corrected chi connectivity index (χ4v) is 3.96. The number of aromatic nitrogens is 3. The highest BCUT2D eigenvalue weighted by Gasteiger charge is 2.43. The van der Waals surface area contributed by atoms with Gasteiger partial charge in [-0.15, -0.1) is 0 Å². The van der Waals surface area contributed by atoms with Gasteiger partial charge in [-0.2, -0.15) is 15.4 Å². The maximum atomic E-state index is 13.3. The molecule has 0 radical (unpaired) electrons. The summed E-state index contributed by atoms with van der Waals surface area (Å²) in [5.74, 6) is -0.544. The summed E-state index contributed by atoms with van der Waals surface area (Å²) in [5, 5.41) is 18.7. The smallest absolute Gasteiger partial charge is 0.246 e. The van der Waals surface area contributed by atoms with Gasteiger partial charge in [-0.05, 0) is 39.7 Å². The van der Waals surface area contributed by atoms with Crippen LogP contribution in [0.5, 0.6) is 0 Å². The monoisotopic (exact) mass is 391 g/mol. The Labute approximate surface area is 164 Å². The number of aromatic amines is 1. The van der Waals surface area contributed by atoms with Crippen LogP contribution in [-0.2, 0) is 20.9 Å². The molecule has 0 aliphatic carbocycles. The Balaban J connectivity index is 1.69. The van der Waals surface area contributed by atoms with Crippen LogP contribution in [0.4, 0.5) is 0 Å². The summed E-state index contributed by atoms with van der Waals surface area (Å²) in [4.78, 5) is 40.0. The lowest BCUT2D eigenvalue weighted by atomic mass is 9.98. The number of amides is 3. The molecular formula is C18H29N7O3. The van der Waals surface area contributed by atoms with Gasteiger partial charge in [0, 0.05) is 6.04 Å². The van der Waals surface area contributed by atoms with Crippen LogP contribution in [-0.4, -0.2) is 69.2 Å². The molecule has 2 aliphatic rings. The van der Waals surface area contributed by atoms with Gasteiger partial charge in [-0.1, -0.05) is 12.8 Å². The van der Waals surface area contributed by atoms with Crippen molar-refractivity contribution < 1.29 is 14.4 Å². The molecule has 3 rings (SSSR count). The average molecular weight is 391 g/mol. The maximum Gasteiger partial charge on any atom is 0.246 e. The molecule has 2 aliphatic heterocycles. The number of carbonyl (C=O) groups excluding carboxylic acids is 3. The Kier molecular flexibility index (Phi) is 6.61. The summed E-state index contributed by atoms with van der Waals surface area (Å²) in [7, 11) is 1.70. The molecule has 2 fully saturated rings. The van der Waals surface area contributed by atoms with Crippen LogP contribution in [0.15, 0.2) is 6.20 Å². The fraction of sp³-hybridized carbons (Fsp3) is 0.722. The molecule has 0 aromatic carbocycles. The minimum absolute atomic E-state index is 0.0525. The summed E-state index contributed by atoms with van der Waals surface area (Å²) >= 11 is 0. The zero-order valence-corrected chi connectivity index (χ0v) is 16.4. The predicted octanol–water partition coefficient (Wildman–Crippen LogP) is -0.553. The molecule has 0 saturated carbocycles. The Morgan fingerprint density at radius 2 is 2.07 bits per heavy atom. The van der Waals surface area contributed by atoms with E-state index in [1.165, 1.54) is 0 Å². The summed E-state index contributed by atoms with van der Waals surface area (Å²) in [5.41, 5.74) is 0.632. The van der Waals surface area contributed by atoms with Crippen LogP contribution in [0.25, 0.3) is 0 Å². The fourth-order valence-electron chi connectivity index (χ4n) is 3.96. The van der Waals surface area contributed by atoms with Crippen molar-refractivity contribution in [2.45, 2.75) is 76.2 Å². The van der Waals surface area contributed by atoms with Crippen LogP contribution >= 0.6 is 0 Å². The lowest BCUT2D eigenvalue weighted by Gasteiger charge is -2.35. The summed E-state index contributed by atoms with van der Waals surface area (Å²) in [6.07, 6.45) is 6.35. The zero-order chi connectivity index (χ0) is 20.1. The molecule has 4 atom stereocenters. The molecule has 3 heterocycles. The van der Waals surface area contributed by atoms with Gasteiger partial charge >= 0.3 is 0 Å². The standard InChI is InChI=1S/C18H29N7O3/c1-11(19-2)16(26)22-14-6-4-3-5-13-7-8-15(25(13)18(14)28)17(27)20-9-12-10-21-24-23-12/h10-11,13-15,19H,3-9H2,1-2H3,(H,20,27)(H,22,26)(H,21,23,24)/t11-,13-,14-,15-/m0/s1. The van der Waals surface area contributed by atoms with E-state index < -0.39 is 12.1 Å². The highest BCUT2D eigenvalue weighted by molar-refractivity contribution is 5.93. The van der Waals surface area contributed by atoms with Crippen molar-refractivity contribution in [1.29, 1.82) is 0 Å². The van der Waals surface area contributed by atoms with E-state index in [9.17, 15) is 14.4 Å². The van der Waals surface area contributed by atoms with E-state index in [4.69, 9.17) is 0 Å². The highest BCUT2D eigenvalue weighted by atomic mass is 16.2. The van der Waals surface area contributed by atoms with Crippen LogP contribution in [0.3, 0.4) is 0 Å². The van der Waals surface area contributed by atoms with Crippen molar-refractivity contribution in [1.82, 2.24) is 36.3 Å². The van der Waals surface area contributed by atoms with Crippen LogP contribution in [0.1, 0.15) is 51.1 Å². The molecule has 1 aromatic heterocycles. The summed E-state index contributed by atoms with van der Waals surface area (Å²) in [6, 6.07) is -1.43. The minimum Gasteiger partial charge on any atom is -0.349 e. The molecule has 4 N–H and O–H groups in total. The second kappa shape index (κ2) is 9.13. The third-order valence-electron chi connectivity index (χ3n) is 5.69. The third-order valence-corrected chi connectivity index (χ3v) is 5.69. The Bertz CT molecular complexity index is 693. The minimum atomic E-state index is -0.588. The molecule has 0 unspecified atom stereocenters. The number of fused-ring (bicyclic) bond motifs is 1. The molecule has 154 valence electrons. The predicted molar refractivity (Wildman–Crippen MR) is 101 cm³/mol. The summed E-state index contributed by atoms with van der Waals surface area (Å²) in [6.45, 7) is 2.01. The first-order valence-electron chi connectivity index (χ1n) is 9.93. The SMILES string of the molecule is CN[C@@H](C)C(=O)N[C@H]1CCCC[C@H]2CC[C@@H](C(=O)NCc3cn[nH]n3)N2C1=O. The number of H-pyrrole nitrogens is 1. The molecule has 10 nitrogen and oxygen atoms in total. The number of carbonyl (C=O) groups is 3. The van der Waals surface area contributed by atoms with Crippen molar-refractivity contribution >= 4 is 17.7 Å². The van der Waals surface area contributed by atoms with Gasteiger partial charge in [0.2, 0.25) is 17.7 Å². The molecular weight excluding hydrogens is 362 g/mol. The van der Waals surface area contributed by atoms with Crippen molar-refractivity contribution in [3.63, 3.8) is 0 Å². The van der Waals surface area contributed by atoms with Gasteiger partial charge in [0.15, 0.2) is 0 Å². The highest BCUT2D eigenvalue weighted by Crippen LogP contribution is 2.31. The van der Waals surface area contributed by atoms with Gasteiger partial charge < -0.3 is 20.9 Å².